The molecule has 2 aromatic rings. The highest BCUT2D eigenvalue weighted by atomic mass is 32.1. The van der Waals surface area contributed by atoms with Crippen molar-refractivity contribution in [3.8, 4) is 17.0 Å². The Bertz CT molecular complexity index is 833. The standard InChI is InChI=1S/C19H22N2O4S/c1-4-6-17-20-13(10-26-17)12-7-8-16-15(9-12)21(14(5-2)19(23)24)18(22)11(3)25-16/h7-11,14H,4-6H2,1-3H3,(H,23,24). The number of rotatable bonds is 6. The molecule has 1 N–H and O–H groups in total. The number of benzene rings is 1. The van der Waals surface area contributed by atoms with Crippen molar-refractivity contribution in [3.05, 3.63) is 28.6 Å². The van der Waals surface area contributed by atoms with E-state index >= 15 is 0 Å². The lowest BCUT2D eigenvalue weighted by molar-refractivity contribution is -0.141. The third kappa shape index (κ3) is 3.31. The Kier molecular flexibility index (Phi) is 5.27. The molecular formula is C19H22N2O4S. The number of hydrogen-bond acceptors (Lipinski definition) is 5. The number of ether oxygens (including phenoxy) is 1. The number of aryl methyl sites for hydroxylation is 1. The minimum Gasteiger partial charge on any atom is -0.480 e. The maximum atomic E-state index is 12.7. The molecule has 7 heteroatoms. The fourth-order valence-corrected chi connectivity index (χ4v) is 3.99. The van der Waals surface area contributed by atoms with E-state index in [0.717, 1.165) is 29.1 Å². The van der Waals surface area contributed by atoms with Crippen LogP contribution in [0.4, 0.5) is 5.69 Å². The van der Waals surface area contributed by atoms with Gasteiger partial charge in [0.15, 0.2) is 6.10 Å². The summed E-state index contributed by atoms with van der Waals surface area (Å²) >= 11 is 1.61. The van der Waals surface area contributed by atoms with Crippen LogP contribution in [0.5, 0.6) is 5.75 Å². The molecule has 1 aliphatic rings. The first-order valence-corrected chi connectivity index (χ1v) is 9.65. The van der Waals surface area contributed by atoms with Crippen molar-refractivity contribution >= 4 is 28.9 Å². The molecule has 1 aromatic heterocycles. The van der Waals surface area contributed by atoms with E-state index in [9.17, 15) is 14.7 Å². The van der Waals surface area contributed by atoms with Crippen LogP contribution in [0.25, 0.3) is 11.3 Å². The summed E-state index contributed by atoms with van der Waals surface area (Å²) in [5.74, 6) is -0.844. The molecule has 0 bridgehead atoms. The van der Waals surface area contributed by atoms with Gasteiger partial charge in [-0.1, -0.05) is 13.8 Å². The molecule has 1 aromatic carbocycles. The third-order valence-corrected chi connectivity index (χ3v) is 5.31. The predicted octanol–water partition coefficient (Wildman–Crippen LogP) is 3.74. The number of carboxylic acids is 1. The number of fused-ring (bicyclic) bond motifs is 1. The summed E-state index contributed by atoms with van der Waals surface area (Å²) in [5.41, 5.74) is 2.17. The number of anilines is 1. The number of aliphatic carboxylic acids is 1. The van der Waals surface area contributed by atoms with Crippen molar-refractivity contribution < 1.29 is 19.4 Å². The Labute approximate surface area is 156 Å². The van der Waals surface area contributed by atoms with E-state index in [4.69, 9.17) is 4.74 Å². The van der Waals surface area contributed by atoms with Crippen LogP contribution in [0.1, 0.15) is 38.6 Å². The average Bonchev–Trinajstić information content (AvgIpc) is 3.07. The monoisotopic (exact) mass is 374 g/mol. The summed E-state index contributed by atoms with van der Waals surface area (Å²) < 4.78 is 5.68. The minimum atomic E-state index is -1.02. The van der Waals surface area contributed by atoms with Crippen molar-refractivity contribution in [2.75, 3.05) is 4.90 Å². The second kappa shape index (κ2) is 7.45. The zero-order valence-corrected chi connectivity index (χ0v) is 15.9. The van der Waals surface area contributed by atoms with E-state index in [1.165, 1.54) is 4.90 Å². The molecule has 2 unspecified atom stereocenters. The van der Waals surface area contributed by atoms with E-state index in [2.05, 4.69) is 11.9 Å². The van der Waals surface area contributed by atoms with Crippen molar-refractivity contribution in [1.29, 1.82) is 0 Å². The predicted molar refractivity (Wildman–Crippen MR) is 101 cm³/mol. The number of hydrogen-bond donors (Lipinski definition) is 1. The molecule has 0 saturated heterocycles. The molecule has 0 saturated carbocycles. The molecule has 138 valence electrons. The Balaban J connectivity index is 2.05. The molecule has 2 atom stereocenters. The molecule has 0 spiro atoms. The van der Waals surface area contributed by atoms with Gasteiger partial charge in [0.05, 0.1) is 16.4 Å². The van der Waals surface area contributed by atoms with Gasteiger partial charge in [-0.25, -0.2) is 9.78 Å². The maximum Gasteiger partial charge on any atom is 0.326 e. The van der Waals surface area contributed by atoms with E-state index in [0.29, 0.717) is 17.9 Å². The van der Waals surface area contributed by atoms with E-state index in [1.807, 2.05) is 11.4 Å². The highest BCUT2D eigenvalue weighted by Gasteiger charge is 2.38. The number of carbonyl (C=O) groups excluding carboxylic acids is 1. The largest absolute Gasteiger partial charge is 0.480 e. The topological polar surface area (TPSA) is 79.7 Å². The van der Waals surface area contributed by atoms with Gasteiger partial charge in [-0.3, -0.25) is 9.69 Å². The van der Waals surface area contributed by atoms with Gasteiger partial charge >= 0.3 is 5.97 Å². The normalized spacial score (nSPS) is 17.6. The highest BCUT2D eigenvalue weighted by Crippen LogP contribution is 2.39. The first-order chi connectivity index (χ1) is 12.5. The molecule has 1 aliphatic heterocycles. The van der Waals surface area contributed by atoms with Crippen molar-refractivity contribution in [3.63, 3.8) is 0 Å². The van der Waals surface area contributed by atoms with Crippen LogP contribution < -0.4 is 9.64 Å². The summed E-state index contributed by atoms with van der Waals surface area (Å²) in [6.45, 7) is 5.50. The van der Waals surface area contributed by atoms with E-state index < -0.39 is 18.1 Å². The second-order valence-corrected chi connectivity index (χ2v) is 7.23. The second-order valence-electron chi connectivity index (χ2n) is 6.29. The van der Waals surface area contributed by atoms with Crippen LogP contribution in [-0.2, 0) is 16.0 Å². The lowest BCUT2D eigenvalue weighted by atomic mass is 10.0. The third-order valence-electron chi connectivity index (χ3n) is 4.40. The summed E-state index contributed by atoms with van der Waals surface area (Å²) in [7, 11) is 0. The number of carboxylic acid groups (broad SMARTS) is 1. The van der Waals surface area contributed by atoms with Gasteiger partial charge in [0.2, 0.25) is 0 Å². The van der Waals surface area contributed by atoms with Gasteiger partial charge in [-0.05, 0) is 44.4 Å². The lowest BCUT2D eigenvalue weighted by Crippen LogP contribution is -2.52. The average molecular weight is 374 g/mol. The molecule has 2 heterocycles. The Morgan fingerprint density at radius 2 is 2.19 bits per heavy atom. The number of nitrogens with zero attached hydrogens (tertiary/aromatic N) is 2. The molecule has 0 fully saturated rings. The Morgan fingerprint density at radius 1 is 1.42 bits per heavy atom. The van der Waals surface area contributed by atoms with Crippen LogP contribution in [0.2, 0.25) is 0 Å². The highest BCUT2D eigenvalue weighted by molar-refractivity contribution is 7.09. The number of aromatic nitrogens is 1. The zero-order chi connectivity index (χ0) is 18.8. The van der Waals surface area contributed by atoms with E-state index in [1.54, 1.807) is 37.3 Å². The SMILES string of the molecule is CCCc1nc(-c2ccc3c(c2)N(C(CC)C(=O)O)C(=O)C(C)O3)cs1. The van der Waals surface area contributed by atoms with Gasteiger partial charge in [0.25, 0.3) is 5.91 Å². The van der Waals surface area contributed by atoms with E-state index in [-0.39, 0.29) is 5.91 Å². The quantitative estimate of drug-likeness (QED) is 0.833. The number of carbonyl (C=O) groups is 2. The molecule has 6 nitrogen and oxygen atoms in total. The van der Waals surface area contributed by atoms with Gasteiger partial charge < -0.3 is 9.84 Å². The van der Waals surface area contributed by atoms with Crippen LogP contribution in [0, 0.1) is 0 Å². The van der Waals surface area contributed by atoms with Gasteiger partial charge in [0, 0.05) is 10.9 Å². The first-order valence-electron chi connectivity index (χ1n) is 8.77. The number of amides is 1. The fraction of sp³-hybridized carbons (Fsp3) is 0.421. The summed E-state index contributed by atoms with van der Waals surface area (Å²) in [6.07, 6.45) is 1.56. The molecule has 0 aliphatic carbocycles. The molecule has 3 rings (SSSR count). The van der Waals surface area contributed by atoms with Crippen LogP contribution >= 0.6 is 11.3 Å². The summed E-state index contributed by atoms with van der Waals surface area (Å²) in [4.78, 5) is 30.3. The summed E-state index contributed by atoms with van der Waals surface area (Å²) in [5, 5.41) is 12.6. The van der Waals surface area contributed by atoms with Gasteiger partial charge in [-0.2, -0.15) is 0 Å². The lowest BCUT2D eigenvalue weighted by Gasteiger charge is -2.36. The fourth-order valence-electron chi connectivity index (χ4n) is 3.08. The molecule has 26 heavy (non-hydrogen) atoms. The van der Waals surface area contributed by atoms with Crippen molar-refractivity contribution in [1.82, 2.24) is 4.98 Å². The van der Waals surface area contributed by atoms with Gasteiger partial charge in [0.1, 0.15) is 11.8 Å². The zero-order valence-electron chi connectivity index (χ0n) is 15.1. The van der Waals surface area contributed by atoms with Crippen molar-refractivity contribution in [2.24, 2.45) is 0 Å². The first kappa shape index (κ1) is 18.4. The smallest absolute Gasteiger partial charge is 0.326 e. The number of thiazole rings is 1. The minimum absolute atomic E-state index is 0.314. The summed E-state index contributed by atoms with van der Waals surface area (Å²) in [6, 6.07) is 4.56. The molecular weight excluding hydrogens is 352 g/mol. The Morgan fingerprint density at radius 3 is 2.85 bits per heavy atom. The molecule has 1 amide bonds. The maximum absolute atomic E-state index is 12.7. The van der Waals surface area contributed by atoms with Gasteiger partial charge in [-0.15, -0.1) is 11.3 Å². The van der Waals surface area contributed by atoms with Crippen LogP contribution in [0.3, 0.4) is 0 Å². The Hall–Kier alpha value is -2.41. The van der Waals surface area contributed by atoms with Crippen molar-refractivity contribution in [2.45, 2.75) is 52.2 Å². The molecule has 0 radical (unpaired) electrons. The van der Waals surface area contributed by atoms with Crippen LogP contribution in [0.15, 0.2) is 23.6 Å². The van der Waals surface area contributed by atoms with Crippen LogP contribution in [-0.4, -0.2) is 34.1 Å².